The quantitative estimate of drug-likeness (QED) is 0.0673. The standard InChI is InChI=1S/C24H20FN3O5.C22H14ClFN2O4/c1-26-22(30)19-18-12-17(14-3-2-4-15(11-14)24(31)32)21(27-9-10-29)28-23(18)33-20(19)13-5-7-16(25)8-6-13;1-25-20(27)17-16-10-15(12-3-2-4-13(9-12)22(28)29)19(23)26-21(16)30-18(17)11-5-7-14(24)8-6-11/h2-8,11-12,29H,9-10H2,1H3,(H,26,30)(H,27,28)(H,31,32);2-10H,1H3,(H,25,27)(H,28,29). The van der Waals surface area contributed by atoms with Gasteiger partial charge in [-0.25, -0.2) is 23.4 Å². The van der Waals surface area contributed by atoms with Gasteiger partial charge in [0, 0.05) is 42.9 Å². The summed E-state index contributed by atoms with van der Waals surface area (Å²) in [7, 11) is 2.97. The average Bonchev–Trinajstić information content (AvgIpc) is 3.86. The Labute approximate surface area is 360 Å². The number of rotatable bonds is 11. The first-order valence-electron chi connectivity index (χ1n) is 18.9. The van der Waals surface area contributed by atoms with Crippen molar-refractivity contribution in [1.29, 1.82) is 0 Å². The van der Waals surface area contributed by atoms with Crippen molar-refractivity contribution in [3.05, 3.63) is 148 Å². The number of aromatic nitrogens is 2. The number of pyridine rings is 2. The fraction of sp³-hybridized carbons (Fsp3) is 0.0870. The molecule has 0 radical (unpaired) electrons. The van der Waals surface area contributed by atoms with Gasteiger partial charge in [0.1, 0.15) is 34.1 Å². The first-order valence-corrected chi connectivity index (χ1v) is 19.3. The highest BCUT2D eigenvalue weighted by atomic mass is 35.5. The van der Waals surface area contributed by atoms with Crippen LogP contribution in [0.15, 0.2) is 118 Å². The molecule has 8 rings (SSSR count). The van der Waals surface area contributed by atoms with Crippen LogP contribution in [-0.2, 0) is 0 Å². The number of aliphatic hydroxyl groups is 1. The molecule has 0 spiro atoms. The molecule has 0 aliphatic rings. The average molecular weight is 874 g/mol. The van der Waals surface area contributed by atoms with Crippen LogP contribution in [0.5, 0.6) is 0 Å². The molecule has 0 atom stereocenters. The fourth-order valence-corrected chi connectivity index (χ4v) is 6.95. The smallest absolute Gasteiger partial charge is 0.335 e. The number of anilines is 1. The first-order chi connectivity index (χ1) is 30.3. The minimum Gasteiger partial charge on any atom is -0.478 e. The van der Waals surface area contributed by atoms with Crippen LogP contribution < -0.4 is 16.0 Å². The highest BCUT2D eigenvalue weighted by Gasteiger charge is 2.26. The van der Waals surface area contributed by atoms with E-state index in [4.69, 9.17) is 20.4 Å². The highest BCUT2D eigenvalue weighted by Crippen LogP contribution is 2.40. The minimum absolute atomic E-state index is 0.0893. The predicted octanol–water partition coefficient (Wildman–Crippen LogP) is 8.78. The second kappa shape index (κ2) is 18.3. The Morgan fingerprint density at radius 2 is 1.06 bits per heavy atom. The number of aliphatic hydroxyl groups excluding tert-OH is 1. The third-order valence-corrected chi connectivity index (χ3v) is 9.97. The van der Waals surface area contributed by atoms with Crippen molar-refractivity contribution in [1.82, 2.24) is 20.6 Å². The molecule has 4 aromatic heterocycles. The number of hydrogen-bond acceptors (Lipinski definition) is 10. The summed E-state index contributed by atoms with van der Waals surface area (Å²) < 4.78 is 38.5. The molecule has 0 unspecified atom stereocenters. The van der Waals surface area contributed by atoms with E-state index in [1.807, 2.05) is 0 Å². The summed E-state index contributed by atoms with van der Waals surface area (Å²) in [6, 6.07) is 26.9. The summed E-state index contributed by atoms with van der Waals surface area (Å²) in [4.78, 5) is 57.0. The van der Waals surface area contributed by atoms with Crippen LogP contribution in [-0.4, -0.2) is 76.3 Å². The Bertz CT molecular complexity index is 3060. The Kier molecular flexibility index (Phi) is 12.6. The van der Waals surface area contributed by atoms with E-state index in [1.165, 1.54) is 86.9 Å². The SMILES string of the molecule is CNC(=O)c1c(-c2ccc(F)cc2)oc2nc(Cl)c(-c3cccc(C(=O)O)c3)cc12.CNC(=O)c1c(-c2ccc(F)cc2)oc2nc(NCCO)c(-c3cccc(C(=O)O)c3)cc12. The topological polar surface area (TPSA) is 217 Å². The number of nitrogens with one attached hydrogen (secondary N) is 3. The Morgan fingerprint density at radius 1 is 0.619 bits per heavy atom. The zero-order valence-corrected chi connectivity index (χ0v) is 33.9. The third kappa shape index (κ3) is 8.93. The number of fused-ring (bicyclic) bond motifs is 2. The summed E-state index contributed by atoms with van der Waals surface area (Å²) in [6.07, 6.45) is 0. The Morgan fingerprint density at radius 3 is 1.51 bits per heavy atom. The number of carboxylic acids is 2. The van der Waals surface area contributed by atoms with Crippen molar-refractivity contribution in [2.45, 2.75) is 0 Å². The highest BCUT2D eigenvalue weighted by molar-refractivity contribution is 6.33. The van der Waals surface area contributed by atoms with E-state index in [0.29, 0.717) is 50.0 Å². The molecule has 318 valence electrons. The molecule has 0 bridgehead atoms. The van der Waals surface area contributed by atoms with Gasteiger partial charge >= 0.3 is 11.9 Å². The first kappa shape index (κ1) is 43.1. The molecule has 0 saturated carbocycles. The van der Waals surface area contributed by atoms with Crippen LogP contribution in [0.2, 0.25) is 5.15 Å². The van der Waals surface area contributed by atoms with Gasteiger partial charge in [-0.1, -0.05) is 35.9 Å². The maximum absolute atomic E-state index is 13.4. The molecule has 17 heteroatoms. The van der Waals surface area contributed by atoms with Crippen LogP contribution >= 0.6 is 11.6 Å². The molecule has 0 aliphatic heterocycles. The molecule has 2 amide bonds. The van der Waals surface area contributed by atoms with Gasteiger partial charge in [0.15, 0.2) is 0 Å². The van der Waals surface area contributed by atoms with Crippen LogP contribution in [0, 0.1) is 11.6 Å². The van der Waals surface area contributed by atoms with Gasteiger partial charge in [0.05, 0.1) is 39.6 Å². The number of furan rings is 2. The summed E-state index contributed by atoms with van der Waals surface area (Å²) in [6.45, 7) is 0.0365. The van der Waals surface area contributed by atoms with Crippen LogP contribution in [0.4, 0.5) is 14.6 Å². The van der Waals surface area contributed by atoms with Crippen LogP contribution in [0.1, 0.15) is 41.4 Å². The minimum atomic E-state index is -1.08. The molecular formula is C46H34ClF2N5O9. The van der Waals surface area contributed by atoms with E-state index in [-0.39, 0.29) is 63.5 Å². The number of carboxylic acid groups (broad SMARTS) is 2. The second-order valence-electron chi connectivity index (χ2n) is 13.6. The fourth-order valence-electron chi connectivity index (χ4n) is 6.71. The van der Waals surface area contributed by atoms with Crippen molar-refractivity contribution in [2.75, 3.05) is 32.6 Å². The van der Waals surface area contributed by atoms with Gasteiger partial charge in [-0.2, -0.15) is 4.98 Å². The molecule has 4 heterocycles. The number of halogens is 3. The van der Waals surface area contributed by atoms with Gasteiger partial charge in [0.25, 0.3) is 11.8 Å². The van der Waals surface area contributed by atoms with Gasteiger partial charge in [-0.15, -0.1) is 0 Å². The zero-order valence-electron chi connectivity index (χ0n) is 33.1. The van der Waals surface area contributed by atoms with E-state index >= 15 is 0 Å². The number of carbonyl (C=O) groups excluding carboxylic acids is 2. The maximum Gasteiger partial charge on any atom is 0.335 e. The lowest BCUT2D eigenvalue weighted by Crippen LogP contribution is -2.18. The number of hydrogen-bond donors (Lipinski definition) is 6. The number of aromatic carboxylic acids is 2. The maximum atomic E-state index is 13.4. The van der Waals surface area contributed by atoms with E-state index in [2.05, 4.69) is 25.9 Å². The summed E-state index contributed by atoms with van der Waals surface area (Å²) in [5, 5.41) is 36.9. The molecule has 8 aromatic rings. The van der Waals surface area contributed by atoms with E-state index in [1.54, 1.807) is 36.4 Å². The number of benzene rings is 4. The Balaban J connectivity index is 0.000000190. The monoisotopic (exact) mass is 873 g/mol. The van der Waals surface area contributed by atoms with Crippen LogP contribution in [0.25, 0.3) is 67.1 Å². The normalized spacial score (nSPS) is 10.9. The molecule has 0 saturated heterocycles. The number of carbonyl (C=O) groups is 4. The zero-order chi connectivity index (χ0) is 44.9. The van der Waals surface area contributed by atoms with Crippen molar-refractivity contribution < 1.29 is 52.1 Å². The van der Waals surface area contributed by atoms with Crippen molar-refractivity contribution in [3.8, 4) is 44.9 Å². The summed E-state index contributed by atoms with van der Waals surface area (Å²) >= 11 is 6.34. The van der Waals surface area contributed by atoms with E-state index in [0.717, 1.165) is 0 Å². The van der Waals surface area contributed by atoms with E-state index < -0.39 is 35.4 Å². The van der Waals surface area contributed by atoms with Crippen molar-refractivity contribution in [2.24, 2.45) is 0 Å². The lowest BCUT2D eigenvalue weighted by molar-refractivity contribution is 0.0686. The molecule has 6 N–H and O–H groups in total. The summed E-state index contributed by atoms with van der Waals surface area (Å²) in [5.74, 6) is -3.03. The van der Waals surface area contributed by atoms with Gasteiger partial charge < -0.3 is 40.1 Å². The van der Waals surface area contributed by atoms with Gasteiger partial charge in [0.2, 0.25) is 11.4 Å². The van der Waals surface area contributed by atoms with Gasteiger partial charge in [-0.05, 0) is 96.1 Å². The molecule has 63 heavy (non-hydrogen) atoms. The third-order valence-electron chi connectivity index (χ3n) is 9.69. The molecule has 0 fully saturated rings. The Hall–Kier alpha value is -7.95. The number of amides is 2. The largest absolute Gasteiger partial charge is 0.478 e. The van der Waals surface area contributed by atoms with Gasteiger partial charge in [-0.3, -0.25) is 9.59 Å². The second-order valence-corrected chi connectivity index (χ2v) is 14.0. The van der Waals surface area contributed by atoms with Crippen molar-refractivity contribution in [3.63, 3.8) is 0 Å². The lowest BCUT2D eigenvalue weighted by Gasteiger charge is -2.11. The lowest BCUT2D eigenvalue weighted by atomic mass is 10.00. The molecule has 14 nitrogen and oxygen atoms in total. The van der Waals surface area contributed by atoms with Crippen molar-refractivity contribution >= 4 is 63.4 Å². The summed E-state index contributed by atoms with van der Waals surface area (Å²) in [5.41, 5.74) is 3.96. The predicted molar refractivity (Wildman–Crippen MR) is 231 cm³/mol. The molecule has 0 aliphatic carbocycles. The molecular weight excluding hydrogens is 840 g/mol. The molecule has 4 aromatic carbocycles. The van der Waals surface area contributed by atoms with E-state index in [9.17, 15) is 43.3 Å². The number of nitrogens with zero attached hydrogens (tertiary/aromatic N) is 2. The van der Waals surface area contributed by atoms with Crippen LogP contribution in [0.3, 0.4) is 0 Å².